The highest BCUT2D eigenvalue weighted by Crippen LogP contribution is 2.30. The van der Waals surface area contributed by atoms with Gasteiger partial charge in [0.15, 0.2) is 5.16 Å². The predicted octanol–water partition coefficient (Wildman–Crippen LogP) is 2.31. The van der Waals surface area contributed by atoms with Crippen LogP contribution in [0, 0.1) is 5.92 Å². The molecule has 7 nitrogen and oxygen atoms in total. The predicted molar refractivity (Wildman–Crippen MR) is 108 cm³/mol. The highest BCUT2D eigenvalue weighted by molar-refractivity contribution is 7.99. The van der Waals surface area contributed by atoms with Gasteiger partial charge in [-0.15, -0.1) is 0 Å². The van der Waals surface area contributed by atoms with Crippen LogP contribution >= 0.6 is 11.8 Å². The number of nitrogens with zero attached hydrogens (tertiary/aromatic N) is 3. The Bertz CT molecular complexity index is 923. The van der Waals surface area contributed by atoms with Gasteiger partial charge in [0.2, 0.25) is 5.91 Å². The van der Waals surface area contributed by atoms with Gasteiger partial charge in [-0.2, -0.15) is 0 Å². The van der Waals surface area contributed by atoms with Crippen molar-refractivity contribution in [3.8, 4) is 0 Å². The van der Waals surface area contributed by atoms with Crippen LogP contribution in [0.4, 0.5) is 0 Å². The van der Waals surface area contributed by atoms with Crippen LogP contribution in [-0.2, 0) is 20.9 Å². The van der Waals surface area contributed by atoms with Crippen molar-refractivity contribution < 1.29 is 14.3 Å². The molecule has 0 N–H and O–H groups in total. The van der Waals surface area contributed by atoms with E-state index in [-0.39, 0.29) is 23.8 Å². The number of thioether (sulfide) groups is 1. The molecular formula is C20H25N3O4S. The number of carbonyl (C=O) groups excluding carboxylic acids is 2. The largest absolute Gasteiger partial charge is 0.468 e. The minimum Gasteiger partial charge on any atom is -0.468 e. The quantitative estimate of drug-likeness (QED) is 0.363. The van der Waals surface area contributed by atoms with E-state index in [1.807, 2.05) is 4.90 Å². The number of hydrogen-bond donors (Lipinski definition) is 0. The van der Waals surface area contributed by atoms with E-state index in [0.29, 0.717) is 22.0 Å². The van der Waals surface area contributed by atoms with E-state index in [2.05, 4.69) is 11.9 Å². The van der Waals surface area contributed by atoms with Gasteiger partial charge in [-0.3, -0.25) is 19.0 Å². The second kappa shape index (κ2) is 9.23. The molecular weight excluding hydrogens is 378 g/mol. The summed E-state index contributed by atoms with van der Waals surface area (Å²) in [4.78, 5) is 43.8. The van der Waals surface area contributed by atoms with Crippen LogP contribution in [0.15, 0.2) is 34.2 Å². The van der Waals surface area contributed by atoms with Crippen LogP contribution in [0.2, 0.25) is 0 Å². The zero-order valence-electron chi connectivity index (χ0n) is 16.2. The van der Waals surface area contributed by atoms with Crippen molar-refractivity contribution in [2.45, 2.75) is 37.9 Å². The number of para-hydroxylation sites is 1. The molecule has 150 valence electrons. The van der Waals surface area contributed by atoms with Gasteiger partial charge in [0.25, 0.3) is 5.56 Å². The molecule has 3 rings (SSSR count). The minimum absolute atomic E-state index is 0.0331. The molecule has 1 heterocycles. The Kier molecular flexibility index (Phi) is 6.72. The number of hydrogen-bond acceptors (Lipinski definition) is 6. The molecule has 1 aromatic carbocycles. The zero-order valence-corrected chi connectivity index (χ0v) is 17.0. The van der Waals surface area contributed by atoms with Crippen LogP contribution in [0.25, 0.3) is 10.9 Å². The lowest BCUT2D eigenvalue weighted by Crippen LogP contribution is -2.35. The van der Waals surface area contributed by atoms with Crippen LogP contribution in [-0.4, -0.2) is 52.3 Å². The SMILES string of the molecule is CCCN(CC1CC1)C(=O)CSc1nc2ccccc2c(=O)n1CC(=O)OC. The number of esters is 1. The maximum Gasteiger partial charge on any atom is 0.325 e. The maximum atomic E-state index is 12.8. The third-order valence-corrected chi connectivity index (χ3v) is 5.65. The highest BCUT2D eigenvalue weighted by atomic mass is 32.2. The monoisotopic (exact) mass is 403 g/mol. The topological polar surface area (TPSA) is 81.5 Å². The number of benzene rings is 1. The molecule has 2 aromatic rings. The molecule has 8 heteroatoms. The molecule has 1 saturated carbocycles. The fraction of sp³-hybridized carbons (Fsp3) is 0.500. The summed E-state index contributed by atoms with van der Waals surface area (Å²) in [5.74, 6) is 0.301. The van der Waals surface area contributed by atoms with Crippen LogP contribution in [0.1, 0.15) is 26.2 Å². The first-order chi connectivity index (χ1) is 13.5. The number of ether oxygens (including phenoxy) is 1. The van der Waals surface area contributed by atoms with Crippen molar-refractivity contribution in [3.63, 3.8) is 0 Å². The molecule has 0 saturated heterocycles. The van der Waals surface area contributed by atoms with Crippen molar-refractivity contribution in [2.75, 3.05) is 26.0 Å². The number of fused-ring (bicyclic) bond motifs is 1. The van der Waals surface area contributed by atoms with Crippen LogP contribution < -0.4 is 5.56 Å². The average molecular weight is 404 g/mol. The molecule has 0 spiro atoms. The second-order valence-corrected chi connectivity index (χ2v) is 7.89. The Balaban J connectivity index is 1.83. The summed E-state index contributed by atoms with van der Waals surface area (Å²) in [5, 5.41) is 0.786. The molecule has 0 unspecified atom stereocenters. The molecule has 0 bridgehead atoms. The Morgan fingerprint density at radius 1 is 1.32 bits per heavy atom. The third-order valence-electron chi connectivity index (χ3n) is 4.69. The Hall–Kier alpha value is -2.35. The summed E-state index contributed by atoms with van der Waals surface area (Å²) in [6.07, 6.45) is 3.28. The van der Waals surface area contributed by atoms with Crippen molar-refractivity contribution >= 4 is 34.5 Å². The molecule has 1 aromatic heterocycles. The third kappa shape index (κ3) is 4.92. The van der Waals surface area contributed by atoms with E-state index in [1.165, 1.54) is 36.3 Å². The van der Waals surface area contributed by atoms with Crippen molar-refractivity contribution in [1.29, 1.82) is 0 Å². The average Bonchev–Trinajstić information content (AvgIpc) is 3.52. The van der Waals surface area contributed by atoms with Gasteiger partial charge in [0.05, 0.1) is 23.8 Å². The van der Waals surface area contributed by atoms with Gasteiger partial charge >= 0.3 is 5.97 Å². The van der Waals surface area contributed by atoms with E-state index in [9.17, 15) is 14.4 Å². The Morgan fingerprint density at radius 3 is 2.75 bits per heavy atom. The van der Waals surface area contributed by atoms with Gasteiger partial charge in [0, 0.05) is 13.1 Å². The van der Waals surface area contributed by atoms with Crippen molar-refractivity contribution in [3.05, 3.63) is 34.6 Å². The van der Waals surface area contributed by atoms with Crippen LogP contribution in [0.3, 0.4) is 0 Å². The van der Waals surface area contributed by atoms with Crippen molar-refractivity contribution in [1.82, 2.24) is 14.5 Å². The number of rotatable bonds is 9. The summed E-state index contributed by atoms with van der Waals surface area (Å²) >= 11 is 1.19. The van der Waals surface area contributed by atoms with E-state index in [1.54, 1.807) is 24.3 Å². The highest BCUT2D eigenvalue weighted by Gasteiger charge is 2.26. The Morgan fingerprint density at radius 2 is 2.07 bits per heavy atom. The minimum atomic E-state index is -0.534. The van der Waals surface area contributed by atoms with Gasteiger partial charge in [-0.25, -0.2) is 4.98 Å². The lowest BCUT2D eigenvalue weighted by atomic mass is 10.2. The molecule has 1 fully saturated rings. The molecule has 1 aliphatic rings. The number of amides is 1. The first-order valence-corrected chi connectivity index (χ1v) is 10.5. The van der Waals surface area contributed by atoms with Gasteiger partial charge in [-0.1, -0.05) is 30.8 Å². The molecule has 28 heavy (non-hydrogen) atoms. The van der Waals surface area contributed by atoms with Crippen LogP contribution in [0.5, 0.6) is 0 Å². The molecule has 0 aliphatic heterocycles. The lowest BCUT2D eigenvalue weighted by Gasteiger charge is -2.22. The first kappa shape index (κ1) is 20.4. The number of methoxy groups -OCH3 is 1. The van der Waals surface area contributed by atoms with E-state index in [0.717, 1.165) is 19.5 Å². The van der Waals surface area contributed by atoms with Gasteiger partial charge in [-0.05, 0) is 37.3 Å². The summed E-state index contributed by atoms with van der Waals surface area (Å²) in [7, 11) is 1.28. The first-order valence-electron chi connectivity index (χ1n) is 9.50. The summed E-state index contributed by atoms with van der Waals surface area (Å²) < 4.78 is 6.00. The van der Waals surface area contributed by atoms with E-state index < -0.39 is 5.97 Å². The number of carbonyl (C=O) groups is 2. The van der Waals surface area contributed by atoms with Gasteiger partial charge < -0.3 is 9.64 Å². The Labute approximate surface area is 168 Å². The smallest absolute Gasteiger partial charge is 0.325 e. The summed E-state index contributed by atoms with van der Waals surface area (Å²) in [6, 6.07) is 6.99. The summed E-state index contributed by atoms with van der Waals surface area (Å²) in [6.45, 7) is 3.35. The fourth-order valence-electron chi connectivity index (χ4n) is 3.01. The standard InChI is InChI=1S/C20H25N3O4S/c1-3-10-22(11-14-8-9-14)17(24)13-28-20-21-16-7-5-4-6-15(16)19(26)23(20)12-18(25)27-2/h4-7,14H,3,8-13H2,1-2H3. The molecule has 0 radical (unpaired) electrons. The molecule has 1 aliphatic carbocycles. The van der Waals surface area contributed by atoms with E-state index in [4.69, 9.17) is 4.74 Å². The second-order valence-electron chi connectivity index (χ2n) is 6.95. The lowest BCUT2D eigenvalue weighted by molar-refractivity contribution is -0.141. The summed E-state index contributed by atoms with van der Waals surface area (Å²) in [5.41, 5.74) is 0.237. The van der Waals surface area contributed by atoms with Crippen molar-refractivity contribution in [2.24, 2.45) is 5.92 Å². The fourth-order valence-corrected chi connectivity index (χ4v) is 3.91. The number of aromatic nitrogens is 2. The zero-order chi connectivity index (χ0) is 20.1. The normalized spacial score (nSPS) is 13.5. The van der Waals surface area contributed by atoms with E-state index >= 15 is 0 Å². The van der Waals surface area contributed by atoms with Gasteiger partial charge in [0.1, 0.15) is 6.54 Å². The molecule has 1 amide bonds. The maximum absolute atomic E-state index is 12.8. The molecule has 0 atom stereocenters.